The van der Waals surface area contributed by atoms with Gasteiger partial charge in [0.1, 0.15) is 0 Å². The van der Waals surface area contributed by atoms with Gasteiger partial charge in [0.25, 0.3) is 15.9 Å². The molecule has 0 spiro atoms. The number of carbonyl (C=O) groups is 1. The van der Waals surface area contributed by atoms with E-state index in [0.717, 1.165) is 55.4 Å². The lowest BCUT2D eigenvalue weighted by Crippen LogP contribution is -2.34. The Balaban J connectivity index is 1.68. The summed E-state index contributed by atoms with van der Waals surface area (Å²) in [4.78, 5) is 12.3. The fraction of sp³-hybridized carbons (Fsp3) is 0.471. The van der Waals surface area contributed by atoms with Gasteiger partial charge in [-0.1, -0.05) is 55.2 Å². The quantitative estimate of drug-likeness (QED) is 0.599. The van der Waals surface area contributed by atoms with Crippen LogP contribution in [-0.2, 0) is 10.0 Å². The number of hydrogen-bond donors (Lipinski definition) is 2. The average Bonchev–Trinajstić information content (AvgIpc) is 2.93. The first kappa shape index (κ1) is 18.9. The first-order chi connectivity index (χ1) is 12.5. The molecule has 7 nitrogen and oxygen atoms in total. The molecule has 3 rings (SSSR count). The van der Waals surface area contributed by atoms with Crippen LogP contribution in [-0.4, -0.2) is 30.6 Å². The Morgan fingerprint density at radius 2 is 1.81 bits per heavy atom. The summed E-state index contributed by atoms with van der Waals surface area (Å²) >= 11 is 0.858. The molecular weight excluding hydrogens is 372 g/mol. The topological polar surface area (TPSA) is 101 Å². The molecule has 1 aliphatic rings. The number of benzene rings is 1. The molecule has 1 amide bonds. The zero-order chi connectivity index (χ0) is 18.6. The minimum absolute atomic E-state index is 0.0589. The smallest absolute Gasteiger partial charge is 0.270 e. The van der Waals surface area contributed by atoms with Crippen molar-refractivity contribution < 1.29 is 13.2 Å². The predicted molar refractivity (Wildman–Crippen MR) is 101 cm³/mol. The lowest BCUT2D eigenvalue weighted by atomic mass is 10.1. The number of aromatic nitrogens is 2. The van der Waals surface area contributed by atoms with Crippen molar-refractivity contribution in [2.24, 2.45) is 0 Å². The molecule has 1 aliphatic carbocycles. The fourth-order valence-electron chi connectivity index (χ4n) is 3.03. The Hall–Kier alpha value is -1.84. The summed E-state index contributed by atoms with van der Waals surface area (Å²) in [5.74, 6) is -0.333. The summed E-state index contributed by atoms with van der Waals surface area (Å²) in [6, 6.07) is 7.10. The van der Waals surface area contributed by atoms with E-state index in [2.05, 4.69) is 20.2 Å². The van der Waals surface area contributed by atoms with Gasteiger partial charge >= 0.3 is 0 Å². The van der Waals surface area contributed by atoms with Gasteiger partial charge in [0, 0.05) is 11.6 Å². The molecule has 9 heteroatoms. The molecule has 26 heavy (non-hydrogen) atoms. The maximum Gasteiger partial charge on any atom is 0.270 e. The molecule has 0 saturated heterocycles. The number of amides is 1. The Morgan fingerprint density at radius 3 is 2.50 bits per heavy atom. The van der Waals surface area contributed by atoms with Gasteiger partial charge in [-0.3, -0.25) is 10.1 Å². The average molecular weight is 395 g/mol. The van der Waals surface area contributed by atoms with E-state index in [4.69, 9.17) is 0 Å². The SMILES string of the molecule is Cc1ccccc1C(=O)Nc1nnc(S(=O)(=O)NC2CCCCCC2)s1. The Bertz CT molecular complexity index is 872. The van der Waals surface area contributed by atoms with Crippen LogP contribution in [0.5, 0.6) is 0 Å². The molecule has 2 aromatic rings. The van der Waals surface area contributed by atoms with Crippen molar-refractivity contribution >= 4 is 32.4 Å². The van der Waals surface area contributed by atoms with E-state index in [1.54, 1.807) is 12.1 Å². The largest absolute Gasteiger partial charge is 0.296 e. The van der Waals surface area contributed by atoms with Crippen LogP contribution < -0.4 is 10.0 Å². The van der Waals surface area contributed by atoms with Crippen LogP contribution in [0.2, 0.25) is 0 Å². The van der Waals surface area contributed by atoms with Crippen molar-refractivity contribution in [1.29, 1.82) is 0 Å². The molecule has 0 radical (unpaired) electrons. The summed E-state index contributed by atoms with van der Waals surface area (Å²) in [5, 5.41) is 10.3. The summed E-state index contributed by atoms with van der Waals surface area (Å²) < 4.78 is 27.6. The number of anilines is 1. The van der Waals surface area contributed by atoms with Crippen molar-refractivity contribution in [3.05, 3.63) is 35.4 Å². The van der Waals surface area contributed by atoms with Gasteiger partial charge < -0.3 is 0 Å². The second kappa shape index (κ2) is 8.24. The van der Waals surface area contributed by atoms with Gasteiger partial charge in [0.2, 0.25) is 9.47 Å². The van der Waals surface area contributed by atoms with Crippen molar-refractivity contribution in [3.63, 3.8) is 0 Å². The van der Waals surface area contributed by atoms with E-state index in [9.17, 15) is 13.2 Å². The third kappa shape index (κ3) is 4.66. The molecule has 0 atom stereocenters. The monoisotopic (exact) mass is 394 g/mol. The van der Waals surface area contributed by atoms with Crippen molar-refractivity contribution in [3.8, 4) is 0 Å². The number of sulfonamides is 1. The van der Waals surface area contributed by atoms with E-state index < -0.39 is 10.0 Å². The summed E-state index contributed by atoms with van der Waals surface area (Å²) in [6.45, 7) is 1.83. The van der Waals surface area contributed by atoms with Crippen LogP contribution in [0.4, 0.5) is 5.13 Å². The van der Waals surface area contributed by atoms with E-state index in [1.807, 2.05) is 19.1 Å². The highest BCUT2D eigenvalue weighted by Crippen LogP contribution is 2.23. The van der Waals surface area contributed by atoms with Crippen LogP contribution in [0.25, 0.3) is 0 Å². The summed E-state index contributed by atoms with van der Waals surface area (Å²) in [7, 11) is -3.72. The third-order valence-corrected chi connectivity index (χ3v) is 7.15. The van der Waals surface area contributed by atoms with Crippen LogP contribution in [0.15, 0.2) is 28.6 Å². The van der Waals surface area contributed by atoms with Crippen molar-refractivity contribution in [2.75, 3.05) is 5.32 Å². The number of hydrogen-bond acceptors (Lipinski definition) is 6. The summed E-state index contributed by atoms with van der Waals surface area (Å²) in [5.41, 5.74) is 1.35. The van der Waals surface area contributed by atoms with Crippen LogP contribution in [0.3, 0.4) is 0 Å². The molecule has 2 N–H and O–H groups in total. The van der Waals surface area contributed by atoms with E-state index >= 15 is 0 Å². The zero-order valence-corrected chi connectivity index (χ0v) is 16.2. The van der Waals surface area contributed by atoms with Gasteiger partial charge in [-0.2, -0.15) is 0 Å². The van der Waals surface area contributed by atoms with Gasteiger partial charge in [0.15, 0.2) is 0 Å². The molecule has 1 aromatic carbocycles. The molecular formula is C17H22N4O3S2. The maximum atomic E-state index is 12.5. The first-order valence-corrected chi connectivity index (χ1v) is 11.0. The van der Waals surface area contributed by atoms with Gasteiger partial charge in [0.05, 0.1) is 0 Å². The third-order valence-electron chi connectivity index (χ3n) is 4.42. The van der Waals surface area contributed by atoms with Crippen molar-refractivity contribution in [1.82, 2.24) is 14.9 Å². The normalized spacial score (nSPS) is 16.2. The molecule has 140 valence electrons. The predicted octanol–water partition coefficient (Wildman–Crippen LogP) is 3.10. The van der Waals surface area contributed by atoms with Gasteiger partial charge in [-0.15, -0.1) is 10.2 Å². The van der Waals surface area contributed by atoms with Crippen LogP contribution >= 0.6 is 11.3 Å². The molecule has 0 bridgehead atoms. The van der Waals surface area contributed by atoms with Gasteiger partial charge in [-0.05, 0) is 31.4 Å². The molecule has 1 saturated carbocycles. The minimum Gasteiger partial charge on any atom is -0.296 e. The second-order valence-electron chi connectivity index (χ2n) is 6.45. The van der Waals surface area contributed by atoms with Gasteiger partial charge in [-0.25, -0.2) is 13.1 Å². The zero-order valence-electron chi connectivity index (χ0n) is 14.6. The number of nitrogens with one attached hydrogen (secondary N) is 2. The molecule has 0 unspecified atom stereocenters. The highest BCUT2D eigenvalue weighted by atomic mass is 32.2. The highest BCUT2D eigenvalue weighted by molar-refractivity contribution is 7.91. The number of rotatable bonds is 5. The lowest BCUT2D eigenvalue weighted by molar-refractivity contribution is 0.102. The standard InChI is InChI=1S/C17H22N4O3S2/c1-12-8-6-7-11-14(12)15(22)18-16-19-20-17(25-16)26(23,24)21-13-9-4-2-3-5-10-13/h6-8,11,13,21H,2-5,9-10H2,1H3,(H,18,19,22). The fourth-order valence-corrected chi connectivity index (χ4v) is 5.24. The molecule has 1 fully saturated rings. The van der Waals surface area contributed by atoms with Crippen LogP contribution in [0, 0.1) is 6.92 Å². The Kier molecular flexibility index (Phi) is 6.00. The molecule has 1 aromatic heterocycles. The number of nitrogens with zero attached hydrogens (tertiary/aromatic N) is 2. The molecule has 1 heterocycles. The van der Waals surface area contributed by atoms with E-state index in [0.29, 0.717) is 5.56 Å². The highest BCUT2D eigenvalue weighted by Gasteiger charge is 2.25. The maximum absolute atomic E-state index is 12.5. The van der Waals surface area contributed by atoms with E-state index in [-0.39, 0.29) is 21.4 Å². The molecule has 0 aliphatic heterocycles. The minimum atomic E-state index is -3.72. The number of aryl methyl sites for hydroxylation is 1. The Labute approximate surface area is 157 Å². The lowest BCUT2D eigenvalue weighted by Gasteiger charge is -2.14. The van der Waals surface area contributed by atoms with Crippen LogP contribution in [0.1, 0.15) is 54.4 Å². The Morgan fingerprint density at radius 1 is 1.12 bits per heavy atom. The van der Waals surface area contributed by atoms with E-state index in [1.165, 1.54) is 0 Å². The number of carbonyl (C=O) groups excluding carboxylic acids is 1. The van der Waals surface area contributed by atoms with Crippen molar-refractivity contribution in [2.45, 2.75) is 55.8 Å². The first-order valence-electron chi connectivity index (χ1n) is 8.68. The second-order valence-corrected chi connectivity index (χ2v) is 9.32. The summed E-state index contributed by atoms with van der Waals surface area (Å²) in [6.07, 6.45) is 6.03.